The van der Waals surface area contributed by atoms with Gasteiger partial charge >= 0.3 is 12.2 Å². The summed E-state index contributed by atoms with van der Waals surface area (Å²) >= 11 is 0. The number of halogens is 3. The fourth-order valence-corrected chi connectivity index (χ4v) is 3.54. The topological polar surface area (TPSA) is 38.2 Å². The van der Waals surface area contributed by atoms with Gasteiger partial charge in [-0.2, -0.15) is 18.2 Å². The molecule has 4 nitrogen and oxygen atoms in total. The molecule has 0 radical (unpaired) electrons. The normalized spacial score (nSPS) is 15.6. The van der Waals surface area contributed by atoms with Gasteiger partial charge < -0.3 is 9.64 Å². The van der Waals surface area contributed by atoms with Gasteiger partial charge in [0, 0.05) is 18.9 Å². The van der Waals surface area contributed by atoms with Crippen molar-refractivity contribution in [2.75, 3.05) is 18.6 Å². The van der Waals surface area contributed by atoms with Crippen molar-refractivity contribution in [3.63, 3.8) is 0 Å². The maximum absolute atomic E-state index is 13.4. The second kappa shape index (κ2) is 8.15. The van der Waals surface area contributed by atoms with Crippen molar-refractivity contribution in [3.05, 3.63) is 41.6 Å². The second-order valence-corrected chi connectivity index (χ2v) is 6.81. The van der Waals surface area contributed by atoms with Crippen molar-refractivity contribution in [3.8, 4) is 6.01 Å². The first-order chi connectivity index (χ1) is 12.9. The van der Waals surface area contributed by atoms with Gasteiger partial charge in [0.1, 0.15) is 5.56 Å². The number of nitrogens with zero attached hydrogens (tertiary/aromatic N) is 3. The van der Waals surface area contributed by atoms with Crippen LogP contribution < -0.4 is 9.64 Å². The minimum atomic E-state index is -4.55. The number of rotatable bonds is 5. The largest absolute Gasteiger partial charge is 0.464 e. The van der Waals surface area contributed by atoms with Gasteiger partial charge in [-0.15, -0.1) is 0 Å². The van der Waals surface area contributed by atoms with Crippen LogP contribution in [0.25, 0.3) is 0 Å². The summed E-state index contributed by atoms with van der Waals surface area (Å²) in [6, 6.07) is 7.67. The van der Waals surface area contributed by atoms with Crippen LogP contribution in [0.1, 0.15) is 56.1 Å². The molecule has 0 bridgehead atoms. The second-order valence-electron chi connectivity index (χ2n) is 6.81. The van der Waals surface area contributed by atoms with Crippen molar-refractivity contribution in [2.45, 2.75) is 51.1 Å². The van der Waals surface area contributed by atoms with E-state index in [2.05, 4.69) is 9.97 Å². The van der Waals surface area contributed by atoms with E-state index in [1.807, 2.05) is 24.3 Å². The summed E-state index contributed by atoms with van der Waals surface area (Å²) in [5.74, 6) is 0.332. The lowest BCUT2D eigenvalue weighted by atomic mass is 9.84. The molecule has 1 aromatic carbocycles. The van der Waals surface area contributed by atoms with Crippen LogP contribution in [-0.4, -0.2) is 23.6 Å². The van der Waals surface area contributed by atoms with Crippen LogP contribution in [0.4, 0.5) is 24.7 Å². The molecule has 1 saturated carbocycles. The average molecular weight is 379 g/mol. The van der Waals surface area contributed by atoms with Gasteiger partial charge in [-0.25, -0.2) is 4.98 Å². The molecule has 27 heavy (non-hydrogen) atoms. The number of anilines is 2. The van der Waals surface area contributed by atoms with E-state index in [1.54, 1.807) is 14.0 Å². The first-order valence-corrected chi connectivity index (χ1v) is 9.31. The Hall–Kier alpha value is -2.31. The summed E-state index contributed by atoms with van der Waals surface area (Å²) < 4.78 is 45.4. The molecule has 3 rings (SSSR count). The van der Waals surface area contributed by atoms with Crippen molar-refractivity contribution < 1.29 is 17.9 Å². The maximum atomic E-state index is 13.4. The minimum Gasteiger partial charge on any atom is -0.464 e. The van der Waals surface area contributed by atoms with Crippen molar-refractivity contribution in [2.24, 2.45) is 0 Å². The zero-order valence-corrected chi connectivity index (χ0v) is 15.6. The van der Waals surface area contributed by atoms with E-state index >= 15 is 0 Å². The SMILES string of the molecule is CCOc1ncc(C(F)(F)F)c(N(C)c2ccc(C3CCCCC3)cc2)n1. The quantitative estimate of drug-likeness (QED) is 0.667. The Morgan fingerprint density at radius 3 is 2.37 bits per heavy atom. The van der Waals surface area contributed by atoms with E-state index in [-0.39, 0.29) is 18.4 Å². The standard InChI is InChI=1S/C20H24F3N3O/c1-3-27-19-24-13-17(20(21,22)23)18(25-19)26(2)16-11-9-15(10-12-16)14-7-5-4-6-8-14/h9-14H,3-8H2,1-2H3. The fourth-order valence-electron chi connectivity index (χ4n) is 3.54. The van der Waals surface area contributed by atoms with Crippen LogP contribution in [-0.2, 0) is 6.18 Å². The lowest BCUT2D eigenvalue weighted by Gasteiger charge is -2.25. The first kappa shape index (κ1) is 19.5. The van der Waals surface area contributed by atoms with E-state index in [0.717, 1.165) is 6.20 Å². The summed E-state index contributed by atoms with van der Waals surface area (Å²) in [6.45, 7) is 2.01. The highest BCUT2D eigenvalue weighted by atomic mass is 19.4. The van der Waals surface area contributed by atoms with E-state index in [1.165, 1.54) is 42.6 Å². The number of ether oxygens (including phenoxy) is 1. The highest BCUT2D eigenvalue weighted by molar-refractivity contribution is 5.63. The molecule has 1 aromatic heterocycles. The Morgan fingerprint density at radius 2 is 1.78 bits per heavy atom. The molecule has 0 saturated heterocycles. The molecular formula is C20H24F3N3O. The molecule has 1 aliphatic rings. The van der Waals surface area contributed by atoms with Gasteiger partial charge in [-0.05, 0) is 43.4 Å². The molecule has 7 heteroatoms. The van der Waals surface area contributed by atoms with Gasteiger partial charge in [0.15, 0.2) is 5.82 Å². The summed E-state index contributed by atoms with van der Waals surface area (Å²) in [4.78, 5) is 9.09. The predicted molar refractivity (Wildman–Crippen MR) is 98.5 cm³/mol. The predicted octanol–water partition coefficient (Wildman–Crippen LogP) is 5.71. The molecular weight excluding hydrogens is 355 g/mol. The molecule has 1 fully saturated rings. The van der Waals surface area contributed by atoms with Crippen molar-refractivity contribution >= 4 is 11.5 Å². The number of aromatic nitrogens is 2. The van der Waals surface area contributed by atoms with E-state index in [4.69, 9.17) is 4.74 Å². The summed E-state index contributed by atoms with van der Waals surface area (Å²) in [7, 11) is 1.57. The Kier molecular flexibility index (Phi) is 5.87. The number of alkyl halides is 3. The smallest absolute Gasteiger partial charge is 0.421 e. The van der Waals surface area contributed by atoms with E-state index in [0.29, 0.717) is 11.6 Å². The summed E-state index contributed by atoms with van der Waals surface area (Å²) in [6.07, 6.45) is 2.35. The third-order valence-electron chi connectivity index (χ3n) is 5.00. The molecule has 0 aliphatic heterocycles. The van der Waals surface area contributed by atoms with Crippen molar-refractivity contribution in [1.82, 2.24) is 9.97 Å². The van der Waals surface area contributed by atoms with Crippen LogP contribution in [0.2, 0.25) is 0 Å². The molecule has 146 valence electrons. The number of hydrogen-bond donors (Lipinski definition) is 0. The van der Waals surface area contributed by atoms with Crippen LogP contribution in [0, 0.1) is 0 Å². The zero-order valence-electron chi connectivity index (χ0n) is 15.6. The monoisotopic (exact) mass is 379 g/mol. The molecule has 0 N–H and O–H groups in total. The minimum absolute atomic E-state index is 0.0637. The Balaban J connectivity index is 1.89. The highest BCUT2D eigenvalue weighted by Gasteiger charge is 2.36. The third-order valence-corrected chi connectivity index (χ3v) is 5.00. The molecule has 1 heterocycles. The lowest BCUT2D eigenvalue weighted by Crippen LogP contribution is -2.19. The van der Waals surface area contributed by atoms with Gasteiger partial charge in [-0.1, -0.05) is 31.4 Å². The van der Waals surface area contributed by atoms with E-state index in [9.17, 15) is 13.2 Å². The Labute approximate surface area is 157 Å². The molecule has 0 atom stereocenters. The van der Waals surface area contributed by atoms with Crippen molar-refractivity contribution in [1.29, 1.82) is 0 Å². The van der Waals surface area contributed by atoms with Gasteiger partial charge in [0.25, 0.3) is 0 Å². The fraction of sp³-hybridized carbons (Fsp3) is 0.500. The highest BCUT2D eigenvalue weighted by Crippen LogP contribution is 2.38. The van der Waals surface area contributed by atoms with Gasteiger partial charge in [0.2, 0.25) is 0 Å². The van der Waals surface area contributed by atoms with Crippen LogP contribution >= 0.6 is 0 Å². The molecule has 2 aromatic rings. The number of benzene rings is 1. The molecule has 0 spiro atoms. The van der Waals surface area contributed by atoms with Gasteiger partial charge in [0.05, 0.1) is 6.61 Å². The van der Waals surface area contributed by atoms with Crippen LogP contribution in [0.3, 0.4) is 0 Å². The van der Waals surface area contributed by atoms with Crippen LogP contribution in [0.5, 0.6) is 6.01 Å². The molecule has 1 aliphatic carbocycles. The third kappa shape index (κ3) is 4.51. The van der Waals surface area contributed by atoms with Gasteiger partial charge in [-0.3, -0.25) is 0 Å². The Morgan fingerprint density at radius 1 is 1.11 bits per heavy atom. The average Bonchev–Trinajstić information content (AvgIpc) is 2.67. The zero-order chi connectivity index (χ0) is 19.4. The Bertz CT molecular complexity index is 756. The molecule has 0 amide bonds. The summed E-state index contributed by atoms with van der Waals surface area (Å²) in [5, 5.41) is 0. The summed E-state index contributed by atoms with van der Waals surface area (Å²) in [5.41, 5.74) is 1.01. The first-order valence-electron chi connectivity index (χ1n) is 9.31. The van der Waals surface area contributed by atoms with Crippen LogP contribution in [0.15, 0.2) is 30.5 Å². The lowest BCUT2D eigenvalue weighted by molar-refractivity contribution is -0.137. The van der Waals surface area contributed by atoms with E-state index < -0.39 is 11.7 Å². The number of hydrogen-bond acceptors (Lipinski definition) is 4. The maximum Gasteiger partial charge on any atom is 0.421 e. The molecule has 0 unspecified atom stereocenters.